The Hall–Kier alpha value is -2.40. The van der Waals surface area contributed by atoms with Crippen molar-refractivity contribution in [1.82, 2.24) is 10.3 Å². The summed E-state index contributed by atoms with van der Waals surface area (Å²) < 4.78 is 6.92. The van der Waals surface area contributed by atoms with Crippen LogP contribution in [0.1, 0.15) is 30.5 Å². The Morgan fingerprint density at radius 1 is 1.26 bits per heavy atom. The molecule has 1 aromatic heterocycles. The molecule has 3 aromatic rings. The molecule has 1 heterocycles. The number of carbonyl (C=O) groups excluding carboxylic acids is 1. The van der Waals surface area contributed by atoms with E-state index in [0.29, 0.717) is 6.61 Å². The van der Waals surface area contributed by atoms with Crippen LogP contribution in [0.4, 0.5) is 0 Å². The number of amides is 1. The summed E-state index contributed by atoms with van der Waals surface area (Å²) in [4.78, 5) is 15.8. The topological polar surface area (TPSA) is 51.2 Å². The predicted octanol–water partition coefficient (Wildman–Crippen LogP) is 4.07. The van der Waals surface area contributed by atoms with Gasteiger partial charge in [-0.25, -0.2) is 4.98 Å². The summed E-state index contributed by atoms with van der Waals surface area (Å²) in [7, 11) is 0. The third-order valence-corrected chi connectivity index (χ3v) is 4.63. The fraction of sp³-hybridized carbons (Fsp3) is 0.222. The van der Waals surface area contributed by atoms with Crippen molar-refractivity contribution in [3.63, 3.8) is 0 Å². The average Bonchev–Trinajstić information content (AvgIpc) is 2.96. The van der Waals surface area contributed by atoms with E-state index >= 15 is 0 Å². The van der Waals surface area contributed by atoms with Crippen molar-refractivity contribution in [2.24, 2.45) is 0 Å². The minimum atomic E-state index is -0.0846. The molecule has 0 radical (unpaired) electrons. The van der Waals surface area contributed by atoms with Crippen LogP contribution in [0.25, 0.3) is 10.2 Å². The molecule has 3 rings (SSSR count). The summed E-state index contributed by atoms with van der Waals surface area (Å²) in [5.74, 6) is 0.744. The Labute approximate surface area is 139 Å². The fourth-order valence-electron chi connectivity index (χ4n) is 2.31. The number of nitrogens with zero attached hydrogens (tertiary/aromatic N) is 1. The van der Waals surface area contributed by atoms with Gasteiger partial charge >= 0.3 is 0 Å². The number of aromatic nitrogens is 1. The molecule has 0 aliphatic rings. The molecule has 0 aliphatic heterocycles. The molecule has 1 N–H and O–H groups in total. The second-order valence-corrected chi connectivity index (χ2v) is 6.44. The van der Waals surface area contributed by atoms with E-state index in [-0.39, 0.29) is 11.9 Å². The first kappa shape index (κ1) is 15.5. The molecule has 0 spiro atoms. The van der Waals surface area contributed by atoms with Crippen LogP contribution in [0.2, 0.25) is 0 Å². The molecule has 4 nitrogen and oxygen atoms in total. The van der Waals surface area contributed by atoms with Crippen LogP contribution in [0.3, 0.4) is 0 Å². The van der Waals surface area contributed by atoms with E-state index < -0.39 is 0 Å². The van der Waals surface area contributed by atoms with Crippen molar-refractivity contribution >= 4 is 27.5 Å². The van der Waals surface area contributed by atoms with Crippen LogP contribution in [-0.2, 0) is 11.4 Å². The van der Waals surface area contributed by atoms with Crippen LogP contribution >= 0.6 is 11.3 Å². The zero-order chi connectivity index (χ0) is 16.2. The summed E-state index contributed by atoms with van der Waals surface area (Å²) in [5.41, 5.74) is 2.03. The highest BCUT2D eigenvalue weighted by Crippen LogP contribution is 2.29. The maximum atomic E-state index is 11.2. The van der Waals surface area contributed by atoms with Gasteiger partial charge in [0.1, 0.15) is 17.4 Å². The highest BCUT2D eigenvalue weighted by molar-refractivity contribution is 7.18. The molecular formula is C18H18N2O2S. The Kier molecular flexibility index (Phi) is 4.57. The molecule has 0 aliphatic carbocycles. The zero-order valence-corrected chi connectivity index (χ0v) is 13.9. The summed E-state index contributed by atoms with van der Waals surface area (Å²) in [5, 5.41) is 3.76. The van der Waals surface area contributed by atoms with Gasteiger partial charge in [0.15, 0.2) is 0 Å². The molecule has 1 atom stereocenters. The maximum absolute atomic E-state index is 11.2. The highest BCUT2D eigenvalue weighted by atomic mass is 32.1. The number of hydrogen-bond acceptors (Lipinski definition) is 4. The minimum Gasteiger partial charge on any atom is -0.489 e. The number of fused-ring (bicyclic) bond motifs is 1. The normalized spacial score (nSPS) is 12.1. The standard InChI is InChI=1S/C18H18N2O2S/c1-12(19-13(2)21)18-20-16-10-15(8-9-17(16)23-18)22-11-14-6-4-3-5-7-14/h3-10,12H,11H2,1-2H3,(H,19,21). The lowest BCUT2D eigenvalue weighted by molar-refractivity contribution is -0.119. The van der Waals surface area contributed by atoms with Crippen LogP contribution in [0.5, 0.6) is 5.75 Å². The van der Waals surface area contributed by atoms with Gasteiger partial charge in [0.05, 0.1) is 16.3 Å². The molecule has 23 heavy (non-hydrogen) atoms. The molecule has 0 fully saturated rings. The van der Waals surface area contributed by atoms with Crippen LogP contribution in [0, 0.1) is 0 Å². The SMILES string of the molecule is CC(=O)NC(C)c1nc2cc(OCc3ccccc3)ccc2s1. The van der Waals surface area contributed by atoms with E-state index in [0.717, 1.165) is 26.5 Å². The van der Waals surface area contributed by atoms with Gasteiger partial charge in [-0.15, -0.1) is 11.3 Å². The first-order chi connectivity index (χ1) is 11.1. The van der Waals surface area contributed by atoms with Crippen molar-refractivity contribution in [2.75, 3.05) is 0 Å². The average molecular weight is 326 g/mol. The van der Waals surface area contributed by atoms with Crippen LogP contribution in [-0.4, -0.2) is 10.9 Å². The molecule has 118 valence electrons. The molecule has 1 unspecified atom stereocenters. The van der Waals surface area contributed by atoms with Crippen molar-refractivity contribution in [2.45, 2.75) is 26.5 Å². The Bertz CT molecular complexity index is 814. The van der Waals surface area contributed by atoms with Gasteiger partial charge in [-0.1, -0.05) is 30.3 Å². The van der Waals surface area contributed by atoms with Gasteiger partial charge < -0.3 is 10.1 Å². The Morgan fingerprint density at radius 3 is 2.78 bits per heavy atom. The third-order valence-electron chi connectivity index (χ3n) is 3.41. The van der Waals surface area contributed by atoms with Gasteiger partial charge in [-0.05, 0) is 24.6 Å². The Morgan fingerprint density at radius 2 is 2.04 bits per heavy atom. The van der Waals surface area contributed by atoms with E-state index in [9.17, 15) is 4.79 Å². The second-order valence-electron chi connectivity index (χ2n) is 5.38. The van der Waals surface area contributed by atoms with Gasteiger partial charge in [-0.2, -0.15) is 0 Å². The van der Waals surface area contributed by atoms with Gasteiger partial charge in [0.2, 0.25) is 5.91 Å². The largest absolute Gasteiger partial charge is 0.489 e. The number of ether oxygens (including phenoxy) is 1. The van der Waals surface area contributed by atoms with Crippen molar-refractivity contribution in [1.29, 1.82) is 0 Å². The number of benzene rings is 2. The van der Waals surface area contributed by atoms with Crippen molar-refractivity contribution < 1.29 is 9.53 Å². The number of thiazole rings is 1. The van der Waals surface area contributed by atoms with E-state index in [1.165, 1.54) is 6.92 Å². The maximum Gasteiger partial charge on any atom is 0.217 e. The van der Waals surface area contributed by atoms with Gasteiger partial charge in [-0.3, -0.25) is 4.79 Å². The summed E-state index contributed by atoms with van der Waals surface area (Å²) in [6.07, 6.45) is 0. The fourth-order valence-corrected chi connectivity index (χ4v) is 3.26. The van der Waals surface area contributed by atoms with E-state index in [4.69, 9.17) is 4.74 Å². The summed E-state index contributed by atoms with van der Waals surface area (Å²) in [6, 6.07) is 15.9. The quantitative estimate of drug-likeness (QED) is 0.769. The van der Waals surface area contributed by atoms with Gasteiger partial charge in [0.25, 0.3) is 0 Å². The third kappa shape index (κ3) is 3.87. The minimum absolute atomic E-state index is 0.0522. The summed E-state index contributed by atoms with van der Waals surface area (Å²) in [6.45, 7) is 3.98. The smallest absolute Gasteiger partial charge is 0.217 e. The molecule has 0 saturated carbocycles. The summed E-state index contributed by atoms with van der Waals surface area (Å²) >= 11 is 1.59. The first-order valence-corrected chi connectivity index (χ1v) is 8.28. The lowest BCUT2D eigenvalue weighted by Gasteiger charge is -2.07. The van der Waals surface area contributed by atoms with Crippen molar-refractivity contribution in [3.8, 4) is 5.75 Å². The van der Waals surface area contributed by atoms with E-state index in [2.05, 4.69) is 10.3 Å². The zero-order valence-electron chi connectivity index (χ0n) is 13.1. The monoisotopic (exact) mass is 326 g/mol. The second kappa shape index (κ2) is 6.79. The molecule has 1 amide bonds. The molecule has 0 bridgehead atoms. The highest BCUT2D eigenvalue weighted by Gasteiger charge is 2.12. The van der Waals surface area contributed by atoms with Gasteiger partial charge in [0, 0.05) is 13.0 Å². The number of nitrogens with one attached hydrogen (secondary N) is 1. The molecule has 5 heteroatoms. The van der Waals surface area contributed by atoms with E-state index in [1.807, 2.05) is 55.5 Å². The lowest BCUT2D eigenvalue weighted by atomic mass is 10.2. The number of hydrogen-bond donors (Lipinski definition) is 1. The molecular weight excluding hydrogens is 308 g/mol. The number of rotatable bonds is 5. The van der Waals surface area contributed by atoms with E-state index in [1.54, 1.807) is 11.3 Å². The Balaban J connectivity index is 1.75. The molecule has 0 saturated heterocycles. The van der Waals surface area contributed by atoms with Crippen LogP contribution in [0.15, 0.2) is 48.5 Å². The molecule has 2 aromatic carbocycles. The predicted molar refractivity (Wildman–Crippen MR) is 92.6 cm³/mol. The first-order valence-electron chi connectivity index (χ1n) is 7.46. The number of carbonyl (C=O) groups is 1. The van der Waals surface area contributed by atoms with Crippen LogP contribution < -0.4 is 10.1 Å². The lowest BCUT2D eigenvalue weighted by Crippen LogP contribution is -2.23. The van der Waals surface area contributed by atoms with Crippen molar-refractivity contribution in [3.05, 3.63) is 59.1 Å².